The summed E-state index contributed by atoms with van der Waals surface area (Å²) in [6.45, 7) is 5.79. The Kier molecular flexibility index (Phi) is 5.36. The van der Waals surface area contributed by atoms with E-state index in [0.29, 0.717) is 6.54 Å². The number of aliphatic hydroxyl groups is 1. The van der Waals surface area contributed by atoms with Gasteiger partial charge in [0.1, 0.15) is 5.76 Å². The molecule has 0 aliphatic carbocycles. The van der Waals surface area contributed by atoms with Gasteiger partial charge in [0.15, 0.2) is 0 Å². The maximum atomic E-state index is 8.59. The largest absolute Gasteiger partial charge is 0.444 e. The van der Waals surface area contributed by atoms with E-state index in [2.05, 4.69) is 10.3 Å². The topological polar surface area (TPSA) is 58.3 Å². The number of aromatic nitrogens is 1. The Bertz CT molecular complexity index is 265. The van der Waals surface area contributed by atoms with Crippen LogP contribution in [0.25, 0.3) is 0 Å². The third-order valence-electron chi connectivity index (χ3n) is 2.36. The minimum absolute atomic E-state index is 0.290. The number of rotatable bonds is 7. The normalized spacial score (nSPS) is 10.9. The molecule has 1 aromatic heterocycles. The fraction of sp³-hybridized carbons (Fsp3) is 0.727. The van der Waals surface area contributed by atoms with E-state index in [1.54, 1.807) is 0 Å². The second-order valence-corrected chi connectivity index (χ2v) is 3.71. The molecule has 4 heteroatoms. The first-order chi connectivity index (χ1) is 7.24. The van der Waals surface area contributed by atoms with Crippen LogP contribution in [0.3, 0.4) is 0 Å². The van der Waals surface area contributed by atoms with E-state index >= 15 is 0 Å². The molecule has 1 aromatic rings. The maximum absolute atomic E-state index is 8.59. The Morgan fingerprint density at radius 3 is 2.67 bits per heavy atom. The second-order valence-electron chi connectivity index (χ2n) is 3.71. The molecular formula is C11H20N2O2. The Morgan fingerprint density at radius 1 is 1.27 bits per heavy atom. The highest BCUT2D eigenvalue weighted by molar-refractivity contribution is 5.04. The van der Waals surface area contributed by atoms with Crippen molar-refractivity contribution in [2.24, 2.45) is 0 Å². The fourth-order valence-electron chi connectivity index (χ4n) is 1.35. The van der Waals surface area contributed by atoms with Gasteiger partial charge in [0.25, 0.3) is 0 Å². The van der Waals surface area contributed by atoms with E-state index in [9.17, 15) is 0 Å². The zero-order valence-electron chi connectivity index (χ0n) is 9.55. The van der Waals surface area contributed by atoms with Crippen molar-refractivity contribution < 1.29 is 9.52 Å². The van der Waals surface area contributed by atoms with Gasteiger partial charge >= 0.3 is 0 Å². The van der Waals surface area contributed by atoms with Gasteiger partial charge in [0, 0.05) is 6.61 Å². The lowest BCUT2D eigenvalue weighted by molar-refractivity contribution is 0.282. The van der Waals surface area contributed by atoms with E-state index in [-0.39, 0.29) is 6.61 Å². The average molecular weight is 212 g/mol. The van der Waals surface area contributed by atoms with Crippen molar-refractivity contribution >= 4 is 0 Å². The fourth-order valence-corrected chi connectivity index (χ4v) is 1.35. The minimum atomic E-state index is 0.290. The summed E-state index contributed by atoms with van der Waals surface area (Å²) in [7, 11) is 0. The van der Waals surface area contributed by atoms with Gasteiger partial charge in [-0.25, -0.2) is 4.98 Å². The lowest BCUT2D eigenvalue weighted by atomic mass is 10.2. The summed E-state index contributed by atoms with van der Waals surface area (Å²) in [5.74, 6) is 1.65. The quantitative estimate of drug-likeness (QED) is 0.673. The first-order valence-corrected chi connectivity index (χ1v) is 5.48. The molecule has 0 radical (unpaired) electrons. The second kappa shape index (κ2) is 6.58. The summed E-state index contributed by atoms with van der Waals surface area (Å²) in [5, 5.41) is 11.9. The van der Waals surface area contributed by atoms with Crippen LogP contribution >= 0.6 is 0 Å². The SMILES string of the molecule is Cc1nc(CNCCCCCO)oc1C. The minimum Gasteiger partial charge on any atom is -0.444 e. The third-order valence-corrected chi connectivity index (χ3v) is 2.36. The first kappa shape index (κ1) is 12.2. The highest BCUT2D eigenvalue weighted by Crippen LogP contribution is 2.07. The molecule has 0 aliphatic heterocycles. The summed E-state index contributed by atoms with van der Waals surface area (Å²) < 4.78 is 5.43. The van der Waals surface area contributed by atoms with Gasteiger partial charge in [-0.05, 0) is 39.7 Å². The van der Waals surface area contributed by atoms with Crippen LogP contribution in [0.4, 0.5) is 0 Å². The number of nitrogens with one attached hydrogen (secondary N) is 1. The molecule has 15 heavy (non-hydrogen) atoms. The molecule has 0 amide bonds. The van der Waals surface area contributed by atoms with Gasteiger partial charge in [-0.1, -0.05) is 0 Å². The van der Waals surface area contributed by atoms with Crippen LogP contribution in [0.5, 0.6) is 0 Å². The van der Waals surface area contributed by atoms with Gasteiger partial charge in [-0.2, -0.15) is 0 Å². The highest BCUT2D eigenvalue weighted by Gasteiger charge is 2.03. The summed E-state index contributed by atoms with van der Waals surface area (Å²) in [6, 6.07) is 0. The van der Waals surface area contributed by atoms with Gasteiger partial charge in [-0.3, -0.25) is 0 Å². The first-order valence-electron chi connectivity index (χ1n) is 5.48. The summed E-state index contributed by atoms with van der Waals surface area (Å²) >= 11 is 0. The smallest absolute Gasteiger partial charge is 0.208 e. The zero-order chi connectivity index (χ0) is 11.1. The summed E-state index contributed by atoms with van der Waals surface area (Å²) in [5.41, 5.74) is 0.965. The predicted molar refractivity (Wildman–Crippen MR) is 58.6 cm³/mol. The molecule has 0 bridgehead atoms. The molecule has 2 N–H and O–H groups in total. The standard InChI is InChI=1S/C11H20N2O2/c1-9-10(2)15-11(13-9)8-12-6-4-3-5-7-14/h12,14H,3-8H2,1-2H3. The van der Waals surface area contributed by atoms with Crippen molar-refractivity contribution in [2.75, 3.05) is 13.2 Å². The van der Waals surface area contributed by atoms with Crippen LogP contribution in [0, 0.1) is 13.8 Å². The number of oxazole rings is 1. The van der Waals surface area contributed by atoms with E-state index < -0.39 is 0 Å². The van der Waals surface area contributed by atoms with Crippen LogP contribution in [0.15, 0.2) is 4.42 Å². The van der Waals surface area contributed by atoms with E-state index in [0.717, 1.165) is 43.2 Å². The van der Waals surface area contributed by atoms with Crippen molar-refractivity contribution in [2.45, 2.75) is 39.7 Å². The molecule has 0 spiro atoms. The molecule has 86 valence electrons. The van der Waals surface area contributed by atoms with Crippen molar-refractivity contribution in [1.82, 2.24) is 10.3 Å². The van der Waals surface area contributed by atoms with Crippen molar-refractivity contribution in [1.29, 1.82) is 0 Å². The Morgan fingerprint density at radius 2 is 2.07 bits per heavy atom. The molecule has 1 rings (SSSR count). The molecule has 1 heterocycles. The molecule has 0 fully saturated rings. The number of hydrogen-bond donors (Lipinski definition) is 2. The molecular weight excluding hydrogens is 192 g/mol. The Balaban J connectivity index is 2.10. The number of aryl methyl sites for hydroxylation is 2. The molecule has 0 atom stereocenters. The molecule has 0 aromatic carbocycles. The van der Waals surface area contributed by atoms with Gasteiger partial charge in [0.2, 0.25) is 5.89 Å². The van der Waals surface area contributed by atoms with Crippen LogP contribution in [0.1, 0.15) is 36.6 Å². The lowest BCUT2D eigenvalue weighted by Crippen LogP contribution is -2.14. The molecule has 0 saturated heterocycles. The van der Waals surface area contributed by atoms with Crippen LogP contribution in [0.2, 0.25) is 0 Å². The number of nitrogens with zero attached hydrogens (tertiary/aromatic N) is 1. The van der Waals surface area contributed by atoms with Gasteiger partial charge in [-0.15, -0.1) is 0 Å². The van der Waals surface area contributed by atoms with Crippen LogP contribution < -0.4 is 5.32 Å². The number of unbranched alkanes of at least 4 members (excludes halogenated alkanes) is 2. The maximum Gasteiger partial charge on any atom is 0.208 e. The predicted octanol–water partition coefficient (Wildman–Crippen LogP) is 1.54. The van der Waals surface area contributed by atoms with Crippen molar-refractivity contribution in [3.05, 3.63) is 17.3 Å². The van der Waals surface area contributed by atoms with Gasteiger partial charge < -0.3 is 14.8 Å². The van der Waals surface area contributed by atoms with E-state index in [4.69, 9.17) is 9.52 Å². The summed E-state index contributed by atoms with van der Waals surface area (Å²) in [6.07, 6.45) is 3.03. The number of aliphatic hydroxyl groups excluding tert-OH is 1. The monoisotopic (exact) mass is 212 g/mol. The zero-order valence-corrected chi connectivity index (χ0v) is 9.55. The highest BCUT2D eigenvalue weighted by atomic mass is 16.4. The van der Waals surface area contributed by atoms with Crippen molar-refractivity contribution in [3.63, 3.8) is 0 Å². The third kappa shape index (κ3) is 4.44. The van der Waals surface area contributed by atoms with E-state index in [1.165, 1.54) is 0 Å². The van der Waals surface area contributed by atoms with Crippen LogP contribution in [-0.4, -0.2) is 23.2 Å². The average Bonchev–Trinajstić information content (AvgIpc) is 2.52. The molecule has 0 unspecified atom stereocenters. The van der Waals surface area contributed by atoms with Gasteiger partial charge in [0.05, 0.1) is 12.2 Å². The van der Waals surface area contributed by atoms with Crippen molar-refractivity contribution in [3.8, 4) is 0 Å². The molecule has 4 nitrogen and oxygen atoms in total. The van der Waals surface area contributed by atoms with Crippen LogP contribution in [-0.2, 0) is 6.54 Å². The molecule has 0 aliphatic rings. The Hall–Kier alpha value is -0.870. The number of hydrogen-bond acceptors (Lipinski definition) is 4. The molecule has 0 saturated carbocycles. The Labute approximate surface area is 90.7 Å². The lowest BCUT2D eigenvalue weighted by Gasteiger charge is -2.00. The summed E-state index contributed by atoms with van der Waals surface area (Å²) in [4.78, 5) is 4.28. The van der Waals surface area contributed by atoms with E-state index in [1.807, 2.05) is 13.8 Å².